The highest BCUT2D eigenvalue weighted by atomic mass is 16.4. The Kier molecular flexibility index (Phi) is 6.61. The first-order chi connectivity index (χ1) is 11.3. The molecule has 0 saturated heterocycles. The van der Waals surface area contributed by atoms with E-state index < -0.39 is 18.2 Å². The van der Waals surface area contributed by atoms with Crippen LogP contribution in [0.4, 0.5) is 0 Å². The van der Waals surface area contributed by atoms with Crippen LogP contribution in [-0.4, -0.2) is 44.7 Å². The van der Waals surface area contributed by atoms with E-state index in [2.05, 4.69) is 32.1 Å². The highest BCUT2D eigenvalue weighted by Gasteiger charge is 2.38. The zero-order chi connectivity index (χ0) is 17.9. The molecule has 0 aromatic carbocycles. The second kappa shape index (κ2) is 8.28. The van der Waals surface area contributed by atoms with Gasteiger partial charge in [0, 0.05) is 5.92 Å². The molecule has 0 radical (unpaired) electrons. The van der Waals surface area contributed by atoms with Gasteiger partial charge in [0.25, 0.3) is 0 Å². The van der Waals surface area contributed by atoms with Crippen LogP contribution in [0.25, 0.3) is 0 Å². The number of carbonyl (C=O) groups is 1. The first-order valence-electron chi connectivity index (χ1n) is 8.93. The van der Waals surface area contributed by atoms with Gasteiger partial charge in [0.2, 0.25) is 0 Å². The van der Waals surface area contributed by atoms with E-state index in [0.29, 0.717) is 18.3 Å². The summed E-state index contributed by atoms with van der Waals surface area (Å²) in [6.07, 6.45) is 6.20. The van der Waals surface area contributed by atoms with Crippen LogP contribution >= 0.6 is 0 Å². The summed E-state index contributed by atoms with van der Waals surface area (Å²) in [4.78, 5) is 10.6. The lowest BCUT2D eigenvalue weighted by Crippen LogP contribution is -2.38. The fourth-order valence-corrected chi connectivity index (χ4v) is 4.23. The van der Waals surface area contributed by atoms with Crippen LogP contribution in [0.3, 0.4) is 0 Å². The molecule has 2 rings (SSSR count). The second-order valence-corrected chi connectivity index (χ2v) is 7.57. The summed E-state index contributed by atoms with van der Waals surface area (Å²) < 4.78 is 0. The maximum Gasteiger partial charge on any atom is 0.305 e. The molecule has 5 heteroatoms. The van der Waals surface area contributed by atoms with Gasteiger partial charge in [0.15, 0.2) is 0 Å². The summed E-state index contributed by atoms with van der Waals surface area (Å²) in [5.74, 6) is 0.00962. The Bertz CT molecular complexity index is 498. The molecule has 2 aliphatic rings. The molecule has 24 heavy (non-hydrogen) atoms. The molecule has 136 valence electrons. The van der Waals surface area contributed by atoms with Crippen molar-refractivity contribution in [3.63, 3.8) is 0 Å². The van der Waals surface area contributed by atoms with Gasteiger partial charge in [-0.15, -0.1) is 0 Å². The first-order valence-corrected chi connectivity index (χ1v) is 8.93. The zero-order valence-corrected chi connectivity index (χ0v) is 14.5. The molecule has 0 fully saturated rings. The standard InChI is InChI=1S/C19H30O5/c1-11-7-13-4-3-12(2)16(19(13)17(22)8-11)6-5-14(20)9-15(21)10-18(23)24/h3-4,7,11-12,14-17,19-22H,5-6,8-10H2,1-2H3,(H,23,24)/t11?,12?,14?,15?,16-,17?,19?/m0/s1. The van der Waals surface area contributed by atoms with Crippen molar-refractivity contribution in [2.24, 2.45) is 23.7 Å². The Hall–Kier alpha value is -1.17. The minimum Gasteiger partial charge on any atom is -0.481 e. The Morgan fingerprint density at radius 1 is 1.29 bits per heavy atom. The number of fused-ring (bicyclic) bond motifs is 1. The number of carboxylic acids is 1. The Balaban J connectivity index is 1.94. The normalized spacial score (nSPS) is 35.0. The molecular weight excluding hydrogens is 308 g/mol. The molecule has 0 aromatic rings. The molecule has 0 aromatic heterocycles. The maximum absolute atomic E-state index is 10.6. The van der Waals surface area contributed by atoms with Gasteiger partial charge in [-0.25, -0.2) is 0 Å². The van der Waals surface area contributed by atoms with Crippen molar-refractivity contribution in [1.29, 1.82) is 0 Å². The van der Waals surface area contributed by atoms with Crippen LogP contribution in [0.1, 0.15) is 46.0 Å². The van der Waals surface area contributed by atoms with E-state index in [1.165, 1.54) is 5.57 Å². The highest BCUT2D eigenvalue weighted by molar-refractivity contribution is 5.67. The minimum atomic E-state index is -1.06. The van der Waals surface area contributed by atoms with E-state index in [4.69, 9.17) is 5.11 Å². The molecule has 5 nitrogen and oxygen atoms in total. The van der Waals surface area contributed by atoms with Gasteiger partial charge in [-0.2, -0.15) is 0 Å². The van der Waals surface area contributed by atoms with E-state index in [0.717, 1.165) is 12.8 Å². The van der Waals surface area contributed by atoms with Gasteiger partial charge in [-0.05, 0) is 49.0 Å². The van der Waals surface area contributed by atoms with Crippen LogP contribution in [0.5, 0.6) is 0 Å². The van der Waals surface area contributed by atoms with Gasteiger partial charge >= 0.3 is 5.97 Å². The Morgan fingerprint density at radius 2 is 2.00 bits per heavy atom. The number of hydrogen-bond acceptors (Lipinski definition) is 4. The zero-order valence-electron chi connectivity index (χ0n) is 14.5. The van der Waals surface area contributed by atoms with Crippen molar-refractivity contribution in [3.8, 4) is 0 Å². The third-order valence-electron chi connectivity index (χ3n) is 5.41. The average molecular weight is 338 g/mol. The molecule has 0 spiro atoms. The van der Waals surface area contributed by atoms with Gasteiger partial charge in [-0.1, -0.05) is 32.1 Å². The summed E-state index contributed by atoms with van der Waals surface area (Å²) in [6.45, 7) is 4.25. The number of rotatable bonds is 7. The number of carboxylic acid groups (broad SMARTS) is 1. The summed E-state index contributed by atoms with van der Waals surface area (Å²) in [5, 5.41) is 38.9. The highest BCUT2D eigenvalue weighted by Crippen LogP contribution is 2.43. The quantitative estimate of drug-likeness (QED) is 0.570. The minimum absolute atomic E-state index is 0.0796. The van der Waals surface area contributed by atoms with E-state index >= 15 is 0 Å². The molecule has 2 aliphatic carbocycles. The van der Waals surface area contributed by atoms with Gasteiger partial charge < -0.3 is 20.4 Å². The lowest BCUT2D eigenvalue weighted by atomic mass is 9.65. The molecule has 4 N–H and O–H groups in total. The summed E-state index contributed by atoms with van der Waals surface area (Å²) >= 11 is 0. The number of aliphatic carboxylic acids is 1. The van der Waals surface area contributed by atoms with Crippen LogP contribution in [0, 0.1) is 23.7 Å². The SMILES string of the molecule is CC1C=C2C=CC(C)[C@H](CCC(O)CC(O)CC(=O)O)C2C(O)C1. The largest absolute Gasteiger partial charge is 0.481 e. The molecule has 0 saturated carbocycles. The molecule has 0 bridgehead atoms. The van der Waals surface area contributed by atoms with Crippen molar-refractivity contribution < 1.29 is 25.2 Å². The third-order valence-corrected chi connectivity index (χ3v) is 5.41. The second-order valence-electron chi connectivity index (χ2n) is 7.57. The molecule has 0 amide bonds. The number of hydrogen-bond donors (Lipinski definition) is 4. The molecular formula is C19H30O5. The first kappa shape index (κ1) is 19.2. The number of aliphatic hydroxyl groups excluding tert-OH is 3. The predicted molar refractivity (Wildman–Crippen MR) is 91.3 cm³/mol. The maximum atomic E-state index is 10.6. The smallest absolute Gasteiger partial charge is 0.305 e. The van der Waals surface area contributed by atoms with Crippen molar-refractivity contribution in [3.05, 3.63) is 23.8 Å². The van der Waals surface area contributed by atoms with Gasteiger partial charge in [-0.3, -0.25) is 4.79 Å². The van der Waals surface area contributed by atoms with E-state index in [-0.39, 0.29) is 30.8 Å². The third kappa shape index (κ3) is 4.91. The van der Waals surface area contributed by atoms with E-state index in [1.54, 1.807) is 0 Å². The van der Waals surface area contributed by atoms with Gasteiger partial charge in [0.1, 0.15) is 0 Å². The van der Waals surface area contributed by atoms with Gasteiger partial charge in [0.05, 0.1) is 24.7 Å². The van der Waals surface area contributed by atoms with E-state index in [9.17, 15) is 20.1 Å². The summed E-state index contributed by atoms with van der Waals surface area (Å²) in [5.41, 5.74) is 1.20. The fourth-order valence-electron chi connectivity index (χ4n) is 4.23. The van der Waals surface area contributed by atoms with Crippen LogP contribution in [0.2, 0.25) is 0 Å². The molecule has 0 heterocycles. The van der Waals surface area contributed by atoms with Crippen molar-refractivity contribution in [1.82, 2.24) is 0 Å². The monoisotopic (exact) mass is 338 g/mol. The molecule has 7 atom stereocenters. The number of allylic oxidation sites excluding steroid dienone is 3. The van der Waals surface area contributed by atoms with Crippen LogP contribution < -0.4 is 0 Å². The molecule has 6 unspecified atom stereocenters. The van der Waals surface area contributed by atoms with Crippen molar-refractivity contribution in [2.75, 3.05) is 0 Å². The number of aliphatic hydroxyl groups is 3. The Morgan fingerprint density at radius 3 is 2.67 bits per heavy atom. The summed E-state index contributed by atoms with van der Waals surface area (Å²) in [7, 11) is 0. The van der Waals surface area contributed by atoms with E-state index in [1.807, 2.05) is 0 Å². The van der Waals surface area contributed by atoms with Crippen molar-refractivity contribution in [2.45, 2.75) is 64.3 Å². The van der Waals surface area contributed by atoms with Crippen molar-refractivity contribution >= 4 is 5.97 Å². The fraction of sp³-hybridized carbons (Fsp3) is 0.737. The predicted octanol–water partition coefficient (Wildman–Crippen LogP) is 2.12. The topological polar surface area (TPSA) is 98.0 Å². The van der Waals surface area contributed by atoms with Crippen LogP contribution in [-0.2, 0) is 4.79 Å². The average Bonchev–Trinajstić information content (AvgIpc) is 2.45. The van der Waals surface area contributed by atoms with Crippen LogP contribution in [0.15, 0.2) is 23.8 Å². The lowest BCUT2D eigenvalue weighted by molar-refractivity contribution is -0.139. The molecule has 0 aliphatic heterocycles. The lowest BCUT2D eigenvalue weighted by Gasteiger charge is -2.41. The Labute approximate surface area is 143 Å². The summed E-state index contributed by atoms with van der Waals surface area (Å²) in [6, 6.07) is 0.